The average molecular weight is 354 g/mol. The molecule has 2 amide bonds. The quantitative estimate of drug-likeness (QED) is 0.720. The topological polar surface area (TPSA) is 78.4 Å². The molecule has 5 nitrogen and oxygen atoms in total. The summed E-state index contributed by atoms with van der Waals surface area (Å²) in [6.07, 6.45) is 9.63. The molecule has 1 heterocycles. The fraction of sp³-hybridized carbons (Fsp3) is 0.524. The molecule has 0 radical (unpaired) electrons. The minimum absolute atomic E-state index is 0.0867. The van der Waals surface area contributed by atoms with E-state index >= 15 is 0 Å². The van der Waals surface area contributed by atoms with Crippen molar-refractivity contribution < 1.29 is 14.7 Å². The first-order chi connectivity index (χ1) is 12.6. The second-order valence-corrected chi connectivity index (χ2v) is 7.88. The van der Waals surface area contributed by atoms with Crippen molar-refractivity contribution in [2.75, 3.05) is 5.32 Å². The number of carbonyl (C=O) groups is 2. The minimum atomic E-state index is -0.714. The van der Waals surface area contributed by atoms with E-state index in [0.717, 1.165) is 12.8 Å². The SMILES string of the molecule is O=C(Nc1ccc(C2CCCCC2)cc1)C1=C(O)C2(CCCC2)NC1=O. The molecular weight excluding hydrogens is 328 g/mol. The van der Waals surface area contributed by atoms with Crippen LogP contribution in [0.3, 0.4) is 0 Å². The van der Waals surface area contributed by atoms with E-state index in [1.54, 1.807) is 0 Å². The van der Waals surface area contributed by atoms with E-state index in [1.807, 2.05) is 12.1 Å². The predicted octanol–water partition coefficient (Wildman–Crippen LogP) is 3.93. The second-order valence-electron chi connectivity index (χ2n) is 7.88. The number of hydrogen-bond donors (Lipinski definition) is 3. The van der Waals surface area contributed by atoms with Crippen LogP contribution in [-0.4, -0.2) is 22.5 Å². The van der Waals surface area contributed by atoms with E-state index in [9.17, 15) is 14.7 Å². The van der Waals surface area contributed by atoms with Crippen LogP contribution in [0, 0.1) is 0 Å². The zero-order valence-corrected chi connectivity index (χ0v) is 15.0. The Bertz CT molecular complexity index is 739. The van der Waals surface area contributed by atoms with Crippen molar-refractivity contribution in [3.05, 3.63) is 41.2 Å². The van der Waals surface area contributed by atoms with Crippen molar-refractivity contribution >= 4 is 17.5 Å². The lowest BCUT2D eigenvalue weighted by Gasteiger charge is -2.23. The smallest absolute Gasteiger partial charge is 0.264 e. The molecule has 0 aromatic heterocycles. The number of hydrogen-bond acceptors (Lipinski definition) is 3. The molecule has 3 aliphatic rings. The number of aliphatic hydroxyl groups is 1. The van der Waals surface area contributed by atoms with Crippen LogP contribution in [0.2, 0.25) is 0 Å². The molecular formula is C21H26N2O3. The highest BCUT2D eigenvalue weighted by atomic mass is 16.3. The van der Waals surface area contributed by atoms with Gasteiger partial charge in [0.1, 0.15) is 11.3 Å². The van der Waals surface area contributed by atoms with Gasteiger partial charge in [-0.2, -0.15) is 0 Å². The fourth-order valence-electron chi connectivity index (χ4n) is 4.70. The molecule has 26 heavy (non-hydrogen) atoms. The third-order valence-corrected chi connectivity index (χ3v) is 6.20. The fourth-order valence-corrected chi connectivity index (χ4v) is 4.70. The van der Waals surface area contributed by atoms with Gasteiger partial charge in [-0.05, 0) is 49.3 Å². The number of aliphatic hydroxyl groups excluding tert-OH is 1. The molecule has 0 unspecified atom stereocenters. The summed E-state index contributed by atoms with van der Waals surface area (Å²) < 4.78 is 0. The predicted molar refractivity (Wildman–Crippen MR) is 99.9 cm³/mol. The van der Waals surface area contributed by atoms with E-state index in [4.69, 9.17) is 0 Å². The highest BCUT2D eigenvalue weighted by molar-refractivity contribution is 6.25. The van der Waals surface area contributed by atoms with Crippen LogP contribution < -0.4 is 10.6 Å². The summed E-state index contributed by atoms with van der Waals surface area (Å²) in [6.45, 7) is 0. The molecule has 0 atom stereocenters. The van der Waals surface area contributed by atoms with Crippen molar-refractivity contribution in [1.82, 2.24) is 5.32 Å². The van der Waals surface area contributed by atoms with Gasteiger partial charge in [-0.3, -0.25) is 9.59 Å². The van der Waals surface area contributed by atoms with Gasteiger partial charge in [-0.1, -0.05) is 44.2 Å². The van der Waals surface area contributed by atoms with Gasteiger partial charge in [0.15, 0.2) is 0 Å². The molecule has 1 aliphatic heterocycles. The Labute approximate surface area is 153 Å². The monoisotopic (exact) mass is 354 g/mol. The summed E-state index contributed by atoms with van der Waals surface area (Å²) in [6, 6.07) is 7.90. The molecule has 1 spiro atoms. The number of carbonyl (C=O) groups excluding carboxylic acids is 2. The number of anilines is 1. The largest absolute Gasteiger partial charge is 0.509 e. The Morgan fingerprint density at radius 1 is 1.04 bits per heavy atom. The van der Waals surface area contributed by atoms with E-state index in [1.165, 1.54) is 37.7 Å². The number of amides is 2. The number of nitrogens with one attached hydrogen (secondary N) is 2. The first-order valence-electron chi connectivity index (χ1n) is 9.77. The maximum absolute atomic E-state index is 12.6. The van der Waals surface area contributed by atoms with E-state index in [0.29, 0.717) is 24.4 Å². The summed E-state index contributed by atoms with van der Waals surface area (Å²) >= 11 is 0. The normalized spacial score (nSPS) is 22.7. The second kappa shape index (κ2) is 6.78. The highest BCUT2D eigenvalue weighted by Gasteiger charge is 2.49. The van der Waals surface area contributed by atoms with Gasteiger partial charge in [0.2, 0.25) is 0 Å². The Kier molecular flexibility index (Phi) is 4.47. The summed E-state index contributed by atoms with van der Waals surface area (Å²) in [5.74, 6) is -0.477. The lowest BCUT2D eigenvalue weighted by atomic mass is 9.84. The summed E-state index contributed by atoms with van der Waals surface area (Å²) in [4.78, 5) is 24.8. The summed E-state index contributed by atoms with van der Waals surface area (Å²) in [7, 11) is 0. The third-order valence-electron chi connectivity index (χ3n) is 6.20. The standard InChI is InChI=1S/C21H26N2O3/c24-18-17(20(26)23-21(18)12-4-5-13-21)19(25)22-16-10-8-15(9-11-16)14-6-2-1-3-7-14/h8-11,14,24H,1-7,12-13H2,(H,22,25)(H,23,26). The van der Waals surface area contributed by atoms with Crippen molar-refractivity contribution in [1.29, 1.82) is 0 Å². The van der Waals surface area contributed by atoms with Crippen LogP contribution >= 0.6 is 0 Å². The molecule has 138 valence electrons. The maximum atomic E-state index is 12.6. The average Bonchev–Trinajstić information content (AvgIpc) is 3.21. The minimum Gasteiger partial charge on any atom is -0.509 e. The van der Waals surface area contributed by atoms with Gasteiger partial charge < -0.3 is 15.7 Å². The zero-order valence-electron chi connectivity index (χ0n) is 15.0. The zero-order chi connectivity index (χ0) is 18.1. The van der Waals surface area contributed by atoms with Crippen molar-refractivity contribution in [3.63, 3.8) is 0 Å². The highest BCUT2D eigenvalue weighted by Crippen LogP contribution is 2.40. The first kappa shape index (κ1) is 17.1. The van der Waals surface area contributed by atoms with Crippen LogP contribution in [0.15, 0.2) is 35.6 Å². The molecule has 2 fully saturated rings. The van der Waals surface area contributed by atoms with Crippen molar-refractivity contribution in [3.8, 4) is 0 Å². The molecule has 2 saturated carbocycles. The van der Waals surface area contributed by atoms with E-state index in [-0.39, 0.29) is 11.3 Å². The van der Waals surface area contributed by atoms with Crippen molar-refractivity contribution in [2.24, 2.45) is 0 Å². The van der Waals surface area contributed by atoms with Gasteiger partial charge in [-0.15, -0.1) is 0 Å². The van der Waals surface area contributed by atoms with Gasteiger partial charge in [-0.25, -0.2) is 0 Å². The third kappa shape index (κ3) is 3.00. The van der Waals surface area contributed by atoms with Crippen LogP contribution in [-0.2, 0) is 9.59 Å². The maximum Gasteiger partial charge on any atom is 0.264 e. The molecule has 5 heteroatoms. The number of benzene rings is 1. The molecule has 3 N–H and O–H groups in total. The number of rotatable bonds is 3. The van der Waals surface area contributed by atoms with Crippen LogP contribution in [0.25, 0.3) is 0 Å². The summed E-state index contributed by atoms with van der Waals surface area (Å²) in [5, 5.41) is 16.1. The molecule has 0 bridgehead atoms. The van der Waals surface area contributed by atoms with E-state index in [2.05, 4.69) is 22.8 Å². The van der Waals surface area contributed by atoms with Crippen molar-refractivity contribution in [2.45, 2.75) is 69.2 Å². The van der Waals surface area contributed by atoms with Gasteiger partial charge >= 0.3 is 0 Å². The Hall–Kier alpha value is -2.30. The first-order valence-corrected chi connectivity index (χ1v) is 9.77. The van der Waals surface area contributed by atoms with Gasteiger partial charge in [0.05, 0.1) is 5.54 Å². The van der Waals surface area contributed by atoms with Gasteiger partial charge in [0.25, 0.3) is 11.8 Å². The van der Waals surface area contributed by atoms with E-state index < -0.39 is 17.4 Å². The Morgan fingerprint density at radius 3 is 2.35 bits per heavy atom. The molecule has 1 aromatic carbocycles. The van der Waals surface area contributed by atoms with Crippen LogP contribution in [0.4, 0.5) is 5.69 Å². The Morgan fingerprint density at radius 2 is 1.69 bits per heavy atom. The summed E-state index contributed by atoms with van der Waals surface area (Å²) in [5.41, 5.74) is 1.11. The lowest BCUT2D eigenvalue weighted by Crippen LogP contribution is -2.42. The molecule has 0 saturated heterocycles. The lowest BCUT2D eigenvalue weighted by molar-refractivity contribution is -0.121. The molecule has 2 aliphatic carbocycles. The van der Waals surface area contributed by atoms with Crippen LogP contribution in [0.5, 0.6) is 0 Å². The molecule has 4 rings (SSSR count). The van der Waals surface area contributed by atoms with Crippen LogP contribution in [0.1, 0.15) is 69.3 Å². The Balaban J connectivity index is 1.47. The van der Waals surface area contributed by atoms with Gasteiger partial charge in [0, 0.05) is 5.69 Å². The molecule has 1 aromatic rings.